The van der Waals surface area contributed by atoms with Gasteiger partial charge in [-0.3, -0.25) is 14.7 Å². The summed E-state index contributed by atoms with van der Waals surface area (Å²) in [6, 6.07) is 0.616. The molecule has 1 atom stereocenters. The van der Waals surface area contributed by atoms with Gasteiger partial charge in [-0.2, -0.15) is 0 Å². The van der Waals surface area contributed by atoms with Crippen molar-refractivity contribution < 1.29 is 9.53 Å². The van der Waals surface area contributed by atoms with Crippen molar-refractivity contribution in [1.29, 1.82) is 0 Å². The molecule has 1 spiro atoms. The lowest BCUT2D eigenvalue weighted by molar-refractivity contribution is -0.132. The fraction of sp³-hybridized carbons (Fsp3) is 0.783. The number of amides is 1. The van der Waals surface area contributed by atoms with E-state index in [9.17, 15) is 4.79 Å². The molecule has 166 valence electrons. The van der Waals surface area contributed by atoms with Gasteiger partial charge in [-0.15, -0.1) is 0 Å². The monoisotopic (exact) mass is 415 g/mol. The second kappa shape index (κ2) is 9.28. The van der Waals surface area contributed by atoms with Gasteiger partial charge in [0.05, 0.1) is 17.5 Å². The van der Waals surface area contributed by atoms with E-state index in [1.165, 1.54) is 32.7 Å². The van der Waals surface area contributed by atoms with Gasteiger partial charge in [-0.1, -0.05) is 13.8 Å². The predicted molar refractivity (Wildman–Crippen MR) is 116 cm³/mol. The summed E-state index contributed by atoms with van der Waals surface area (Å²) in [5.74, 6) is 0.729. The summed E-state index contributed by atoms with van der Waals surface area (Å²) in [5, 5.41) is 0. The van der Waals surface area contributed by atoms with Crippen LogP contribution in [0, 0.1) is 12.8 Å². The van der Waals surface area contributed by atoms with E-state index in [1.54, 1.807) is 12.4 Å². The maximum Gasteiger partial charge on any atom is 0.274 e. The van der Waals surface area contributed by atoms with Gasteiger partial charge < -0.3 is 14.5 Å². The van der Waals surface area contributed by atoms with Crippen molar-refractivity contribution in [1.82, 2.24) is 24.7 Å². The third-order valence-electron chi connectivity index (χ3n) is 6.98. The van der Waals surface area contributed by atoms with Crippen molar-refractivity contribution in [3.8, 4) is 0 Å². The maximum absolute atomic E-state index is 12.8. The van der Waals surface area contributed by atoms with E-state index in [1.807, 2.05) is 11.8 Å². The van der Waals surface area contributed by atoms with Gasteiger partial charge in [-0.05, 0) is 38.5 Å². The summed E-state index contributed by atoms with van der Waals surface area (Å²) >= 11 is 0. The molecular formula is C23H37N5O2. The zero-order chi connectivity index (χ0) is 21.1. The molecule has 7 heteroatoms. The number of likely N-dealkylation sites (tertiary alicyclic amines) is 1. The minimum atomic E-state index is -0.0618. The van der Waals surface area contributed by atoms with Gasteiger partial charge in [0.2, 0.25) is 0 Å². The molecule has 0 N–H and O–H groups in total. The summed E-state index contributed by atoms with van der Waals surface area (Å²) in [5.41, 5.74) is 1.21. The molecule has 0 radical (unpaired) electrons. The van der Waals surface area contributed by atoms with Crippen molar-refractivity contribution in [3.05, 3.63) is 23.8 Å². The fourth-order valence-corrected chi connectivity index (χ4v) is 5.27. The van der Waals surface area contributed by atoms with Crippen LogP contribution >= 0.6 is 0 Å². The Labute approximate surface area is 180 Å². The van der Waals surface area contributed by atoms with Gasteiger partial charge in [0, 0.05) is 64.7 Å². The number of aryl methyl sites for hydroxylation is 1. The van der Waals surface area contributed by atoms with Crippen LogP contribution in [0.3, 0.4) is 0 Å². The molecule has 0 aliphatic carbocycles. The molecule has 30 heavy (non-hydrogen) atoms. The highest BCUT2D eigenvalue weighted by molar-refractivity contribution is 5.92. The largest absolute Gasteiger partial charge is 0.375 e. The van der Waals surface area contributed by atoms with Crippen molar-refractivity contribution in [3.63, 3.8) is 0 Å². The summed E-state index contributed by atoms with van der Waals surface area (Å²) in [4.78, 5) is 28.5. The van der Waals surface area contributed by atoms with Gasteiger partial charge in [0.15, 0.2) is 0 Å². The van der Waals surface area contributed by atoms with Crippen molar-refractivity contribution in [2.75, 3.05) is 52.4 Å². The van der Waals surface area contributed by atoms with E-state index in [4.69, 9.17) is 4.74 Å². The van der Waals surface area contributed by atoms with Crippen molar-refractivity contribution in [2.24, 2.45) is 5.92 Å². The molecule has 1 aromatic rings. The second-order valence-electron chi connectivity index (χ2n) is 9.74. The van der Waals surface area contributed by atoms with E-state index in [2.05, 4.69) is 33.6 Å². The lowest BCUT2D eigenvalue weighted by atomic mass is 9.81. The average Bonchev–Trinajstić information content (AvgIpc) is 2.75. The first-order chi connectivity index (χ1) is 14.4. The average molecular weight is 416 g/mol. The molecule has 0 unspecified atom stereocenters. The Kier molecular flexibility index (Phi) is 6.70. The van der Waals surface area contributed by atoms with E-state index >= 15 is 0 Å². The number of rotatable bonds is 4. The van der Waals surface area contributed by atoms with E-state index < -0.39 is 0 Å². The maximum atomic E-state index is 12.8. The first-order valence-corrected chi connectivity index (χ1v) is 11.6. The highest BCUT2D eigenvalue weighted by atomic mass is 16.5. The molecule has 1 amide bonds. The third kappa shape index (κ3) is 5.01. The highest BCUT2D eigenvalue weighted by Gasteiger charge is 2.43. The molecule has 3 fully saturated rings. The lowest BCUT2D eigenvalue weighted by Gasteiger charge is -2.49. The normalized spacial score (nSPS) is 25.7. The Morgan fingerprint density at radius 1 is 1.13 bits per heavy atom. The number of carbonyl (C=O) groups excluding carboxylic acids is 1. The Hall–Kier alpha value is -1.57. The van der Waals surface area contributed by atoms with Crippen molar-refractivity contribution in [2.45, 2.75) is 58.1 Å². The lowest BCUT2D eigenvalue weighted by Crippen LogP contribution is -2.57. The first-order valence-electron chi connectivity index (χ1n) is 11.6. The van der Waals surface area contributed by atoms with Crippen LogP contribution in [0.5, 0.6) is 0 Å². The topological polar surface area (TPSA) is 61.8 Å². The number of piperidine rings is 1. The number of carbonyl (C=O) groups is 1. The molecule has 4 heterocycles. The minimum absolute atomic E-state index is 0.00835. The van der Waals surface area contributed by atoms with Crippen LogP contribution in [-0.4, -0.2) is 94.6 Å². The number of piperazine rings is 1. The number of nitrogens with zero attached hydrogens (tertiary/aromatic N) is 5. The highest BCUT2D eigenvalue weighted by Crippen LogP contribution is 2.37. The van der Waals surface area contributed by atoms with Crippen LogP contribution in [0.2, 0.25) is 0 Å². The summed E-state index contributed by atoms with van der Waals surface area (Å²) in [7, 11) is 0. The van der Waals surface area contributed by atoms with Gasteiger partial charge in [0.1, 0.15) is 5.69 Å². The minimum Gasteiger partial charge on any atom is -0.375 e. The zero-order valence-corrected chi connectivity index (χ0v) is 18.8. The predicted octanol–water partition coefficient (Wildman–Crippen LogP) is 2.21. The molecule has 7 nitrogen and oxygen atoms in total. The van der Waals surface area contributed by atoms with Gasteiger partial charge in [0.25, 0.3) is 5.91 Å². The van der Waals surface area contributed by atoms with Crippen LogP contribution in [-0.2, 0) is 4.74 Å². The molecule has 1 aromatic heterocycles. The molecule has 3 saturated heterocycles. The number of aromatic nitrogens is 2. The number of hydrogen-bond donors (Lipinski definition) is 0. The molecule has 0 aromatic carbocycles. The quantitative estimate of drug-likeness (QED) is 0.751. The van der Waals surface area contributed by atoms with Crippen LogP contribution in [0.15, 0.2) is 12.4 Å². The fourth-order valence-electron chi connectivity index (χ4n) is 5.27. The second-order valence-corrected chi connectivity index (χ2v) is 9.74. The Morgan fingerprint density at radius 3 is 2.50 bits per heavy atom. The van der Waals surface area contributed by atoms with Crippen LogP contribution in [0.25, 0.3) is 0 Å². The van der Waals surface area contributed by atoms with Crippen LogP contribution in [0.4, 0.5) is 0 Å². The van der Waals surface area contributed by atoms with E-state index in [0.29, 0.717) is 11.7 Å². The summed E-state index contributed by atoms with van der Waals surface area (Å²) in [6.45, 7) is 14.7. The molecule has 0 saturated carbocycles. The summed E-state index contributed by atoms with van der Waals surface area (Å²) < 4.78 is 6.35. The molecule has 0 bridgehead atoms. The standard InChI is InChI=1S/C23H37N5O2/c1-18(2)17-26-9-11-27(12-10-26)20-4-13-30-23(14-20)5-7-28(8-6-23)22(29)21-16-24-19(3)15-25-21/h15-16,18,20H,4-14,17H2,1-3H3/t20-/m1/s1. The van der Waals surface area contributed by atoms with Gasteiger partial charge >= 0.3 is 0 Å². The first kappa shape index (κ1) is 21.7. The molecule has 3 aliphatic rings. The van der Waals surface area contributed by atoms with Crippen LogP contribution in [0.1, 0.15) is 55.7 Å². The van der Waals surface area contributed by atoms with Crippen molar-refractivity contribution >= 4 is 5.91 Å². The van der Waals surface area contributed by atoms with Crippen LogP contribution < -0.4 is 0 Å². The number of hydrogen-bond acceptors (Lipinski definition) is 6. The molecule has 4 rings (SSSR count). The Bertz CT molecular complexity index is 707. The van der Waals surface area contributed by atoms with Gasteiger partial charge in [-0.25, -0.2) is 4.98 Å². The van der Waals surface area contributed by atoms with E-state index in [-0.39, 0.29) is 11.5 Å². The zero-order valence-electron chi connectivity index (χ0n) is 18.8. The Morgan fingerprint density at radius 2 is 1.87 bits per heavy atom. The molecule has 3 aliphatic heterocycles. The molecular weight excluding hydrogens is 378 g/mol. The smallest absolute Gasteiger partial charge is 0.274 e. The SMILES string of the molecule is Cc1cnc(C(=O)N2CCC3(CC2)C[C@H](N2CCN(CC(C)C)CC2)CCO3)cn1. The third-order valence-corrected chi connectivity index (χ3v) is 6.98. The van der Waals surface area contributed by atoms with E-state index in [0.717, 1.165) is 57.0 Å². The number of ether oxygens (including phenoxy) is 1. The Balaban J connectivity index is 1.30. The summed E-state index contributed by atoms with van der Waals surface area (Å²) in [6.07, 6.45) is 7.32.